The molecule has 6 nitrogen and oxygen atoms in total. The molecule has 2 N–H and O–H groups in total. The van der Waals surface area contributed by atoms with E-state index in [0.717, 1.165) is 0 Å². The standard InChI is InChI=1S/C16H15NO5/c1-3-22-16(21)13-9(2)17-12(14(13)18)8-10-4-6-11(7-5-10)15(19)20/h4-8,18H,3H2,1-2H3,(H,19,20)/b12-8-. The zero-order valence-corrected chi connectivity index (χ0v) is 12.2. The molecule has 1 aromatic rings. The first-order valence-electron chi connectivity index (χ1n) is 6.65. The van der Waals surface area contributed by atoms with Crippen molar-refractivity contribution in [2.75, 3.05) is 6.61 Å². The summed E-state index contributed by atoms with van der Waals surface area (Å²) in [6.07, 6.45) is 1.57. The quantitative estimate of drug-likeness (QED) is 0.833. The molecule has 1 aliphatic rings. The van der Waals surface area contributed by atoms with Crippen LogP contribution in [0.15, 0.2) is 46.3 Å². The highest BCUT2D eigenvalue weighted by atomic mass is 16.5. The van der Waals surface area contributed by atoms with Crippen LogP contribution in [0.2, 0.25) is 0 Å². The molecule has 0 bridgehead atoms. The van der Waals surface area contributed by atoms with Crippen molar-refractivity contribution in [1.29, 1.82) is 0 Å². The number of nitrogens with zero attached hydrogens (tertiary/aromatic N) is 1. The Balaban J connectivity index is 2.33. The van der Waals surface area contributed by atoms with E-state index in [1.807, 2.05) is 0 Å². The number of hydrogen-bond donors (Lipinski definition) is 2. The van der Waals surface area contributed by atoms with Gasteiger partial charge in [-0.1, -0.05) is 12.1 Å². The Morgan fingerprint density at radius 3 is 2.45 bits per heavy atom. The molecule has 1 heterocycles. The Labute approximate surface area is 127 Å². The predicted octanol–water partition coefficient (Wildman–Crippen LogP) is 2.58. The highest BCUT2D eigenvalue weighted by molar-refractivity contribution is 6.22. The fourth-order valence-corrected chi connectivity index (χ4v) is 2.02. The minimum absolute atomic E-state index is 0.0512. The number of carboxylic acid groups (broad SMARTS) is 1. The number of aliphatic imine (C=N–C) groups is 1. The maximum Gasteiger partial charge on any atom is 0.343 e. The van der Waals surface area contributed by atoms with Crippen molar-refractivity contribution < 1.29 is 24.5 Å². The van der Waals surface area contributed by atoms with Gasteiger partial charge >= 0.3 is 11.9 Å². The maximum atomic E-state index is 11.8. The summed E-state index contributed by atoms with van der Waals surface area (Å²) < 4.78 is 4.88. The smallest absolute Gasteiger partial charge is 0.343 e. The Morgan fingerprint density at radius 1 is 1.27 bits per heavy atom. The number of hydrogen-bond acceptors (Lipinski definition) is 5. The van der Waals surface area contributed by atoms with Gasteiger partial charge in [0, 0.05) is 0 Å². The van der Waals surface area contributed by atoms with Gasteiger partial charge in [-0.3, -0.25) is 0 Å². The van der Waals surface area contributed by atoms with E-state index in [1.54, 1.807) is 32.1 Å². The molecule has 2 rings (SSSR count). The monoisotopic (exact) mass is 301 g/mol. The number of ether oxygens (including phenoxy) is 1. The van der Waals surface area contributed by atoms with Crippen molar-refractivity contribution in [2.24, 2.45) is 4.99 Å². The van der Waals surface area contributed by atoms with E-state index in [2.05, 4.69) is 4.99 Å². The van der Waals surface area contributed by atoms with Gasteiger partial charge in [-0.05, 0) is 37.6 Å². The van der Waals surface area contributed by atoms with Crippen LogP contribution in [0.3, 0.4) is 0 Å². The zero-order chi connectivity index (χ0) is 16.3. The SMILES string of the molecule is CCOC(=O)C1=C(O)/C(=C/c2ccc(C(=O)O)cc2)N=C1C. The first-order chi connectivity index (χ1) is 10.4. The fourth-order valence-electron chi connectivity index (χ4n) is 2.02. The molecule has 6 heteroatoms. The van der Waals surface area contributed by atoms with Gasteiger partial charge < -0.3 is 14.9 Å². The lowest BCUT2D eigenvalue weighted by atomic mass is 10.1. The summed E-state index contributed by atoms with van der Waals surface area (Å²) in [7, 11) is 0. The van der Waals surface area contributed by atoms with Crippen molar-refractivity contribution in [3.63, 3.8) is 0 Å². The topological polar surface area (TPSA) is 96.2 Å². The second kappa shape index (κ2) is 6.26. The average Bonchev–Trinajstić information content (AvgIpc) is 2.74. The predicted molar refractivity (Wildman–Crippen MR) is 80.8 cm³/mol. The largest absolute Gasteiger partial charge is 0.505 e. The number of rotatable bonds is 4. The van der Waals surface area contributed by atoms with E-state index in [4.69, 9.17) is 9.84 Å². The number of aromatic carboxylic acids is 1. The van der Waals surface area contributed by atoms with Crippen molar-refractivity contribution >= 4 is 23.7 Å². The molecule has 0 amide bonds. The van der Waals surface area contributed by atoms with Crippen LogP contribution in [0.4, 0.5) is 0 Å². The normalized spacial score (nSPS) is 15.9. The number of aliphatic hydroxyl groups is 1. The van der Waals surface area contributed by atoms with Gasteiger partial charge in [0.25, 0.3) is 0 Å². The van der Waals surface area contributed by atoms with Gasteiger partial charge in [0.05, 0.1) is 17.9 Å². The highest BCUT2D eigenvalue weighted by Gasteiger charge is 2.27. The van der Waals surface area contributed by atoms with E-state index in [1.165, 1.54) is 12.1 Å². The van der Waals surface area contributed by atoms with Crippen molar-refractivity contribution in [3.8, 4) is 0 Å². The summed E-state index contributed by atoms with van der Waals surface area (Å²) in [5.74, 6) is -1.87. The molecule has 0 atom stereocenters. The molecular weight excluding hydrogens is 286 g/mol. The molecule has 0 aliphatic carbocycles. The van der Waals surface area contributed by atoms with Crippen LogP contribution < -0.4 is 0 Å². The lowest BCUT2D eigenvalue weighted by Crippen LogP contribution is -2.13. The highest BCUT2D eigenvalue weighted by Crippen LogP contribution is 2.26. The van der Waals surface area contributed by atoms with Gasteiger partial charge in [-0.25, -0.2) is 14.6 Å². The number of esters is 1. The van der Waals surface area contributed by atoms with Crippen LogP contribution in [0, 0.1) is 0 Å². The summed E-state index contributed by atoms with van der Waals surface area (Å²) in [5.41, 5.74) is 1.50. The summed E-state index contributed by atoms with van der Waals surface area (Å²) in [6, 6.07) is 6.09. The van der Waals surface area contributed by atoms with E-state index in [0.29, 0.717) is 11.3 Å². The van der Waals surface area contributed by atoms with E-state index in [-0.39, 0.29) is 29.2 Å². The molecule has 114 valence electrons. The molecule has 1 aromatic carbocycles. The van der Waals surface area contributed by atoms with Crippen molar-refractivity contribution in [1.82, 2.24) is 0 Å². The van der Waals surface area contributed by atoms with Crippen LogP contribution in [0.5, 0.6) is 0 Å². The number of carboxylic acids is 1. The number of carbonyl (C=O) groups excluding carboxylic acids is 1. The van der Waals surface area contributed by atoms with Gasteiger partial charge in [0.2, 0.25) is 0 Å². The third kappa shape index (κ3) is 3.06. The average molecular weight is 301 g/mol. The molecule has 0 unspecified atom stereocenters. The van der Waals surface area contributed by atoms with Gasteiger partial charge in [0.1, 0.15) is 11.3 Å². The van der Waals surface area contributed by atoms with Crippen LogP contribution in [0.1, 0.15) is 29.8 Å². The molecule has 22 heavy (non-hydrogen) atoms. The molecule has 0 spiro atoms. The molecule has 0 radical (unpaired) electrons. The Morgan fingerprint density at radius 2 is 1.91 bits per heavy atom. The summed E-state index contributed by atoms with van der Waals surface area (Å²) >= 11 is 0. The molecule has 1 aliphatic heterocycles. The minimum Gasteiger partial charge on any atom is -0.505 e. The van der Waals surface area contributed by atoms with Crippen LogP contribution in [-0.4, -0.2) is 34.5 Å². The summed E-state index contributed by atoms with van der Waals surface area (Å²) in [4.78, 5) is 26.7. The first-order valence-corrected chi connectivity index (χ1v) is 6.65. The number of carbonyl (C=O) groups is 2. The minimum atomic E-state index is -1.01. The molecule has 0 fully saturated rings. The third-order valence-electron chi connectivity index (χ3n) is 3.07. The number of aliphatic hydroxyl groups excluding tert-OH is 1. The molecule has 0 aromatic heterocycles. The lowest BCUT2D eigenvalue weighted by Gasteiger charge is -2.03. The Hall–Kier alpha value is -2.89. The lowest BCUT2D eigenvalue weighted by molar-refractivity contribution is -0.138. The van der Waals surface area contributed by atoms with Crippen LogP contribution in [0.25, 0.3) is 6.08 Å². The Kier molecular flexibility index (Phi) is 4.41. The van der Waals surface area contributed by atoms with Crippen LogP contribution in [-0.2, 0) is 9.53 Å². The van der Waals surface area contributed by atoms with Crippen molar-refractivity contribution in [2.45, 2.75) is 13.8 Å². The van der Waals surface area contributed by atoms with E-state index >= 15 is 0 Å². The summed E-state index contributed by atoms with van der Waals surface area (Å²) in [6.45, 7) is 3.49. The Bertz CT molecular complexity index is 711. The molecular formula is C16H15NO5. The van der Waals surface area contributed by atoms with E-state index in [9.17, 15) is 14.7 Å². The molecule has 0 saturated carbocycles. The first kappa shape index (κ1) is 15.5. The second-order valence-corrected chi connectivity index (χ2v) is 4.60. The maximum absolute atomic E-state index is 11.8. The summed E-state index contributed by atoms with van der Waals surface area (Å²) in [5, 5.41) is 19.0. The fraction of sp³-hybridized carbons (Fsp3) is 0.188. The third-order valence-corrected chi connectivity index (χ3v) is 3.07. The van der Waals surface area contributed by atoms with Crippen molar-refractivity contribution in [3.05, 3.63) is 52.4 Å². The zero-order valence-electron chi connectivity index (χ0n) is 12.2. The second-order valence-electron chi connectivity index (χ2n) is 4.60. The van der Waals surface area contributed by atoms with Crippen LogP contribution >= 0.6 is 0 Å². The number of benzene rings is 1. The van der Waals surface area contributed by atoms with Gasteiger partial charge in [-0.2, -0.15) is 0 Å². The van der Waals surface area contributed by atoms with Gasteiger partial charge in [0.15, 0.2) is 5.76 Å². The van der Waals surface area contributed by atoms with E-state index < -0.39 is 11.9 Å². The molecule has 0 saturated heterocycles. The van der Waals surface area contributed by atoms with Gasteiger partial charge in [-0.15, -0.1) is 0 Å².